The highest BCUT2D eigenvalue weighted by Crippen LogP contribution is 2.44. The predicted molar refractivity (Wildman–Crippen MR) is 68.5 cm³/mol. The minimum Gasteiger partial charge on any atom is -0.312 e. The van der Waals surface area contributed by atoms with Crippen LogP contribution in [-0.2, 0) is 6.42 Å². The van der Waals surface area contributed by atoms with Gasteiger partial charge in [0, 0.05) is 31.4 Å². The van der Waals surface area contributed by atoms with Gasteiger partial charge in [-0.3, -0.25) is 4.98 Å². The maximum atomic E-state index is 4.30. The third kappa shape index (κ3) is 1.34. The molecule has 1 saturated heterocycles. The molecule has 0 aromatic carbocycles. The Morgan fingerprint density at radius 1 is 1.24 bits per heavy atom. The molecule has 2 unspecified atom stereocenters. The fourth-order valence-electron chi connectivity index (χ4n) is 3.61. The molecular weight excluding hydrogens is 208 g/mol. The van der Waals surface area contributed by atoms with E-state index in [0.29, 0.717) is 0 Å². The van der Waals surface area contributed by atoms with Crippen molar-refractivity contribution in [3.05, 3.63) is 47.3 Å². The lowest BCUT2D eigenvalue weighted by Gasteiger charge is -2.34. The van der Waals surface area contributed by atoms with Gasteiger partial charge in [-0.2, -0.15) is 0 Å². The smallest absolute Gasteiger partial charge is 0.0345 e. The lowest BCUT2D eigenvalue weighted by Crippen LogP contribution is -2.26. The Morgan fingerprint density at radius 2 is 2.24 bits per heavy atom. The van der Waals surface area contributed by atoms with Crippen LogP contribution in [-0.4, -0.2) is 18.1 Å². The normalized spacial score (nSPS) is 29.9. The Balaban J connectivity index is 1.84. The summed E-state index contributed by atoms with van der Waals surface area (Å²) < 4.78 is 0. The SMILES string of the molecule is C1=C2CNCC2C2CCc3ccncc3C2=C1. The summed E-state index contributed by atoms with van der Waals surface area (Å²) in [6.07, 6.45) is 11.1. The monoisotopic (exact) mass is 224 g/mol. The van der Waals surface area contributed by atoms with E-state index in [0.717, 1.165) is 24.9 Å². The van der Waals surface area contributed by atoms with Crippen LogP contribution in [0, 0.1) is 11.8 Å². The van der Waals surface area contributed by atoms with Gasteiger partial charge in [0.15, 0.2) is 0 Å². The van der Waals surface area contributed by atoms with Crippen molar-refractivity contribution in [3.8, 4) is 0 Å². The molecule has 17 heavy (non-hydrogen) atoms. The van der Waals surface area contributed by atoms with Crippen molar-refractivity contribution >= 4 is 5.57 Å². The number of nitrogens with one attached hydrogen (secondary N) is 1. The summed E-state index contributed by atoms with van der Waals surface area (Å²) in [6.45, 7) is 2.24. The summed E-state index contributed by atoms with van der Waals surface area (Å²) in [5.41, 5.74) is 6.00. The van der Waals surface area contributed by atoms with Crippen LogP contribution in [0.15, 0.2) is 36.2 Å². The summed E-state index contributed by atoms with van der Waals surface area (Å²) in [5.74, 6) is 1.46. The van der Waals surface area contributed by atoms with Gasteiger partial charge in [0.1, 0.15) is 0 Å². The summed E-state index contributed by atoms with van der Waals surface area (Å²) in [4.78, 5) is 4.30. The van der Waals surface area contributed by atoms with E-state index in [1.54, 1.807) is 5.57 Å². The molecular formula is C15H16N2. The maximum absolute atomic E-state index is 4.30. The van der Waals surface area contributed by atoms with Gasteiger partial charge in [-0.1, -0.05) is 17.7 Å². The predicted octanol–water partition coefficient (Wildman–Crippen LogP) is 2.19. The summed E-state index contributed by atoms with van der Waals surface area (Å²) in [6, 6.07) is 2.18. The Hall–Kier alpha value is -1.41. The van der Waals surface area contributed by atoms with Crippen molar-refractivity contribution in [1.29, 1.82) is 0 Å². The number of hydrogen-bond donors (Lipinski definition) is 1. The first kappa shape index (κ1) is 9.60. The highest BCUT2D eigenvalue weighted by molar-refractivity contribution is 5.74. The molecule has 2 aliphatic carbocycles. The van der Waals surface area contributed by atoms with E-state index >= 15 is 0 Å². The standard InChI is InChI=1S/C15H16N2/c1-3-13-12(14-8-16-6-5-10(1)14)4-2-11-7-17-9-15(11)13/h2,4-6,8,13,15,17H,1,3,7,9H2. The molecule has 1 N–H and O–H groups in total. The summed E-state index contributed by atoms with van der Waals surface area (Å²) in [7, 11) is 0. The van der Waals surface area contributed by atoms with Gasteiger partial charge >= 0.3 is 0 Å². The van der Waals surface area contributed by atoms with Gasteiger partial charge < -0.3 is 5.32 Å². The molecule has 0 bridgehead atoms. The Kier molecular flexibility index (Phi) is 2.00. The van der Waals surface area contributed by atoms with Gasteiger partial charge in [-0.25, -0.2) is 0 Å². The van der Waals surface area contributed by atoms with Gasteiger partial charge in [-0.05, 0) is 41.5 Å². The molecule has 0 spiro atoms. The van der Waals surface area contributed by atoms with Crippen LogP contribution in [0.4, 0.5) is 0 Å². The van der Waals surface area contributed by atoms with Crippen molar-refractivity contribution in [2.45, 2.75) is 12.8 Å². The molecule has 1 fully saturated rings. The molecule has 2 nitrogen and oxygen atoms in total. The first-order chi connectivity index (χ1) is 8.43. The molecule has 1 aromatic rings. The van der Waals surface area contributed by atoms with Crippen molar-refractivity contribution in [3.63, 3.8) is 0 Å². The summed E-state index contributed by atoms with van der Waals surface area (Å²) in [5, 5.41) is 3.50. The molecule has 3 aliphatic rings. The lowest BCUT2D eigenvalue weighted by molar-refractivity contribution is 0.449. The number of rotatable bonds is 0. The van der Waals surface area contributed by atoms with E-state index in [1.165, 1.54) is 29.5 Å². The molecule has 2 heterocycles. The van der Waals surface area contributed by atoms with Gasteiger partial charge in [0.05, 0.1) is 0 Å². The van der Waals surface area contributed by atoms with Gasteiger partial charge in [0.25, 0.3) is 0 Å². The Morgan fingerprint density at radius 3 is 3.24 bits per heavy atom. The van der Waals surface area contributed by atoms with Crippen molar-refractivity contribution in [1.82, 2.24) is 10.3 Å². The number of aromatic nitrogens is 1. The average Bonchev–Trinajstić information content (AvgIpc) is 2.86. The molecule has 1 aromatic heterocycles. The third-order valence-corrected chi connectivity index (χ3v) is 4.48. The Bertz CT molecular complexity index is 527. The molecule has 0 amide bonds. The van der Waals surface area contributed by atoms with Crippen LogP contribution in [0.2, 0.25) is 0 Å². The molecule has 0 radical (unpaired) electrons. The fraction of sp³-hybridized carbons (Fsp3) is 0.400. The summed E-state index contributed by atoms with van der Waals surface area (Å²) >= 11 is 0. The van der Waals surface area contributed by atoms with Crippen molar-refractivity contribution in [2.24, 2.45) is 11.8 Å². The van der Waals surface area contributed by atoms with E-state index in [9.17, 15) is 0 Å². The van der Waals surface area contributed by atoms with E-state index < -0.39 is 0 Å². The second-order valence-corrected chi connectivity index (χ2v) is 5.28. The number of hydrogen-bond acceptors (Lipinski definition) is 2. The highest BCUT2D eigenvalue weighted by Gasteiger charge is 2.36. The van der Waals surface area contributed by atoms with E-state index in [4.69, 9.17) is 0 Å². The van der Waals surface area contributed by atoms with Crippen LogP contribution in [0.25, 0.3) is 5.57 Å². The topological polar surface area (TPSA) is 24.9 Å². The zero-order valence-corrected chi connectivity index (χ0v) is 9.82. The lowest BCUT2D eigenvalue weighted by atomic mass is 9.70. The molecule has 4 rings (SSSR count). The number of allylic oxidation sites excluding steroid dienone is 3. The zero-order chi connectivity index (χ0) is 11.2. The van der Waals surface area contributed by atoms with Crippen molar-refractivity contribution in [2.75, 3.05) is 13.1 Å². The van der Waals surface area contributed by atoms with Crippen LogP contribution in [0.1, 0.15) is 17.5 Å². The van der Waals surface area contributed by atoms with Crippen LogP contribution >= 0.6 is 0 Å². The zero-order valence-electron chi connectivity index (χ0n) is 9.82. The second kappa shape index (κ2) is 3.54. The molecule has 0 saturated carbocycles. The minimum absolute atomic E-state index is 0.724. The highest BCUT2D eigenvalue weighted by atomic mass is 14.9. The van der Waals surface area contributed by atoms with E-state index in [1.807, 2.05) is 6.20 Å². The first-order valence-corrected chi connectivity index (χ1v) is 6.48. The Labute approximate surface area is 101 Å². The van der Waals surface area contributed by atoms with Crippen molar-refractivity contribution < 1.29 is 0 Å². The molecule has 2 heteroatoms. The molecule has 86 valence electrons. The number of nitrogens with zero attached hydrogens (tertiary/aromatic N) is 1. The first-order valence-electron chi connectivity index (χ1n) is 6.48. The molecule has 2 atom stereocenters. The van der Waals surface area contributed by atoms with Crippen LogP contribution < -0.4 is 5.32 Å². The third-order valence-electron chi connectivity index (χ3n) is 4.48. The quantitative estimate of drug-likeness (QED) is 0.730. The van der Waals surface area contributed by atoms with Gasteiger partial charge in [-0.15, -0.1) is 0 Å². The fourth-order valence-corrected chi connectivity index (χ4v) is 3.61. The average molecular weight is 224 g/mol. The van der Waals surface area contributed by atoms with Crippen LogP contribution in [0.5, 0.6) is 0 Å². The second-order valence-electron chi connectivity index (χ2n) is 5.28. The number of aryl methyl sites for hydroxylation is 1. The van der Waals surface area contributed by atoms with E-state index in [2.05, 4.69) is 34.7 Å². The number of fused-ring (bicyclic) bond motifs is 5. The minimum atomic E-state index is 0.724. The largest absolute Gasteiger partial charge is 0.312 e. The number of pyridine rings is 1. The molecule has 1 aliphatic heterocycles. The van der Waals surface area contributed by atoms with Gasteiger partial charge in [0.2, 0.25) is 0 Å². The maximum Gasteiger partial charge on any atom is 0.0345 e. The van der Waals surface area contributed by atoms with E-state index in [-0.39, 0.29) is 0 Å². The van der Waals surface area contributed by atoms with Crippen LogP contribution in [0.3, 0.4) is 0 Å².